The minimum Gasteiger partial charge on any atom is -0.423 e. The van der Waals surface area contributed by atoms with Gasteiger partial charge < -0.3 is 4.42 Å². The lowest BCUT2D eigenvalue weighted by Gasteiger charge is -2.01. The summed E-state index contributed by atoms with van der Waals surface area (Å²) >= 11 is 0. The third-order valence-corrected chi connectivity index (χ3v) is 4.87. The monoisotopic (exact) mass is 330 g/mol. The van der Waals surface area contributed by atoms with Crippen molar-refractivity contribution in [2.24, 2.45) is 0 Å². The van der Waals surface area contributed by atoms with Gasteiger partial charge in [-0.05, 0) is 25.0 Å². The molecular weight excluding hydrogens is 316 g/mol. The lowest BCUT2D eigenvalue weighted by molar-refractivity contribution is 0.460. The van der Waals surface area contributed by atoms with E-state index in [0.29, 0.717) is 5.82 Å². The van der Waals surface area contributed by atoms with Gasteiger partial charge in [-0.2, -0.15) is 13.5 Å². The molecule has 2 aromatic heterocycles. The predicted octanol–water partition coefficient (Wildman–Crippen LogP) is 2.29. The number of aromatic nitrogens is 3. The Labute approximate surface area is 133 Å². The molecule has 4 rings (SSSR count). The van der Waals surface area contributed by atoms with Crippen molar-refractivity contribution >= 4 is 15.8 Å². The number of nitrogens with zero attached hydrogens (tertiary/aromatic N) is 3. The van der Waals surface area contributed by atoms with Crippen LogP contribution in [-0.4, -0.2) is 23.2 Å². The van der Waals surface area contributed by atoms with E-state index in [4.69, 9.17) is 4.42 Å². The minimum atomic E-state index is -3.84. The fourth-order valence-corrected chi connectivity index (χ4v) is 3.45. The van der Waals surface area contributed by atoms with Gasteiger partial charge in [-0.25, -0.2) is 4.98 Å². The molecule has 0 unspecified atom stereocenters. The van der Waals surface area contributed by atoms with E-state index in [2.05, 4.69) is 14.8 Å². The zero-order chi connectivity index (χ0) is 15.9. The van der Waals surface area contributed by atoms with Crippen molar-refractivity contribution in [3.63, 3.8) is 0 Å². The molecule has 23 heavy (non-hydrogen) atoms. The first-order valence-corrected chi connectivity index (χ1v) is 8.71. The molecule has 0 atom stereocenters. The molecule has 0 bridgehead atoms. The summed E-state index contributed by atoms with van der Waals surface area (Å²) in [6.45, 7) is 0.817. The highest BCUT2D eigenvalue weighted by Gasteiger charge is 2.23. The van der Waals surface area contributed by atoms with Gasteiger partial charge in [0, 0.05) is 23.9 Å². The molecule has 3 heterocycles. The molecule has 1 aliphatic rings. The van der Waals surface area contributed by atoms with E-state index in [1.165, 1.54) is 6.20 Å². The van der Waals surface area contributed by atoms with Crippen LogP contribution < -0.4 is 4.72 Å². The smallest absolute Gasteiger partial charge is 0.298 e. The standard InChI is InChI=1S/C15H14N4O3S/c20-23(21,18-13-9-12-7-4-8-19(12)17-13)14-10-16-15(22-14)11-5-2-1-3-6-11/h1-3,5-6,9-10H,4,7-8H2,(H,17,18). The Balaban J connectivity index is 1.60. The molecule has 8 heteroatoms. The van der Waals surface area contributed by atoms with Gasteiger partial charge in [-0.15, -0.1) is 0 Å². The SMILES string of the molecule is O=S(=O)(Nc1cc2n(n1)CCC2)c1cnc(-c2ccccc2)o1. The fourth-order valence-electron chi connectivity index (χ4n) is 2.60. The van der Waals surface area contributed by atoms with E-state index in [9.17, 15) is 8.42 Å². The summed E-state index contributed by atoms with van der Waals surface area (Å²) in [4.78, 5) is 4.03. The quantitative estimate of drug-likeness (QED) is 0.792. The molecule has 118 valence electrons. The van der Waals surface area contributed by atoms with Crippen molar-refractivity contribution in [2.45, 2.75) is 24.5 Å². The number of aryl methyl sites for hydroxylation is 2. The van der Waals surface area contributed by atoms with Crippen molar-refractivity contribution < 1.29 is 12.8 Å². The number of rotatable bonds is 4. The van der Waals surface area contributed by atoms with Gasteiger partial charge in [0.15, 0.2) is 5.82 Å². The maximum absolute atomic E-state index is 12.4. The van der Waals surface area contributed by atoms with Crippen LogP contribution in [0.5, 0.6) is 0 Å². The Bertz CT molecular complexity index is 923. The first kappa shape index (κ1) is 14.0. The van der Waals surface area contributed by atoms with Crippen molar-refractivity contribution in [1.29, 1.82) is 0 Å². The number of sulfonamides is 1. The molecule has 0 amide bonds. The van der Waals surface area contributed by atoms with E-state index in [1.54, 1.807) is 18.2 Å². The number of hydrogen-bond donors (Lipinski definition) is 1. The Morgan fingerprint density at radius 2 is 2.04 bits per heavy atom. The molecule has 1 aliphatic heterocycles. The van der Waals surface area contributed by atoms with Crippen molar-refractivity contribution in [3.05, 3.63) is 48.3 Å². The largest absolute Gasteiger partial charge is 0.423 e. The lowest BCUT2D eigenvalue weighted by atomic mass is 10.2. The third kappa shape index (κ3) is 2.61. The highest BCUT2D eigenvalue weighted by atomic mass is 32.2. The maximum Gasteiger partial charge on any atom is 0.298 e. The fraction of sp³-hybridized carbons (Fsp3) is 0.200. The minimum absolute atomic E-state index is 0.232. The molecule has 0 spiro atoms. The Kier molecular flexibility index (Phi) is 3.19. The zero-order valence-electron chi connectivity index (χ0n) is 12.1. The van der Waals surface area contributed by atoms with Crippen LogP contribution in [0.15, 0.2) is 52.1 Å². The van der Waals surface area contributed by atoms with Gasteiger partial charge in [0.25, 0.3) is 15.1 Å². The van der Waals surface area contributed by atoms with Gasteiger partial charge >= 0.3 is 0 Å². The van der Waals surface area contributed by atoms with Gasteiger partial charge in [0.1, 0.15) is 0 Å². The van der Waals surface area contributed by atoms with E-state index in [1.807, 2.05) is 22.9 Å². The predicted molar refractivity (Wildman–Crippen MR) is 83.3 cm³/mol. The molecule has 1 aromatic carbocycles. The summed E-state index contributed by atoms with van der Waals surface area (Å²) in [6, 6.07) is 10.9. The van der Waals surface area contributed by atoms with Gasteiger partial charge in [-0.3, -0.25) is 9.40 Å². The van der Waals surface area contributed by atoms with Gasteiger partial charge in [0.2, 0.25) is 5.89 Å². The third-order valence-electron chi connectivity index (χ3n) is 3.68. The summed E-state index contributed by atoms with van der Waals surface area (Å²) < 4.78 is 34.4. The zero-order valence-corrected chi connectivity index (χ0v) is 13.0. The van der Waals surface area contributed by atoms with E-state index in [-0.39, 0.29) is 11.0 Å². The van der Waals surface area contributed by atoms with Crippen molar-refractivity contribution in [1.82, 2.24) is 14.8 Å². The summed E-state index contributed by atoms with van der Waals surface area (Å²) in [6.07, 6.45) is 3.15. The number of nitrogens with one attached hydrogen (secondary N) is 1. The molecule has 0 saturated heterocycles. The van der Waals surface area contributed by atoms with Crippen LogP contribution in [0.2, 0.25) is 0 Å². The van der Waals surface area contributed by atoms with E-state index in [0.717, 1.165) is 30.6 Å². The van der Waals surface area contributed by atoms with Crippen LogP contribution in [0.1, 0.15) is 12.1 Å². The molecular formula is C15H14N4O3S. The van der Waals surface area contributed by atoms with E-state index < -0.39 is 10.0 Å². The summed E-state index contributed by atoms with van der Waals surface area (Å²) in [5.41, 5.74) is 1.75. The normalized spacial score (nSPS) is 13.9. The van der Waals surface area contributed by atoms with Crippen LogP contribution >= 0.6 is 0 Å². The molecule has 0 radical (unpaired) electrons. The highest BCUT2D eigenvalue weighted by Crippen LogP contribution is 2.24. The molecule has 7 nitrogen and oxygen atoms in total. The Hall–Kier alpha value is -2.61. The number of oxazole rings is 1. The summed E-state index contributed by atoms with van der Waals surface area (Å²) in [7, 11) is -3.84. The molecule has 0 aliphatic carbocycles. The number of benzene rings is 1. The number of hydrogen-bond acceptors (Lipinski definition) is 5. The molecule has 1 N–H and O–H groups in total. The van der Waals surface area contributed by atoms with Crippen LogP contribution in [0.25, 0.3) is 11.5 Å². The second kappa shape index (κ2) is 5.24. The summed E-state index contributed by atoms with van der Waals surface area (Å²) in [5, 5.41) is 4.00. The second-order valence-corrected chi connectivity index (χ2v) is 6.92. The molecule has 0 saturated carbocycles. The lowest BCUT2D eigenvalue weighted by Crippen LogP contribution is -2.13. The average Bonchev–Trinajstić information content (AvgIpc) is 3.22. The number of anilines is 1. The Morgan fingerprint density at radius 3 is 2.83 bits per heavy atom. The van der Waals surface area contributed by atoms with Crippen LogP contribution in [0.4, 0.5) is 5.82 Å². The first-order chi connectivity index (χ1) is 11.1. The topological polar surface area (TPSA) is 90.0 Å². The number of fused-ring (bicyclic) bond motifs is 1. The summed E-state index contributed by atoms with van der Waals surface area (Å²) in [5.74, 6) is 0.565. The highest BCUT2D eigenvalue weighted by molar-refractivity contribution is 7.92. The average molecular weight is 330 g/mol. The van der Waals surface area contributed by atoms with E-state index >= 15 is 0 Å². The first-order valence-electron chi connectivity index (χ1n) is 7.23. The molecule has 0 fully saturated rings. The Morgan fingerprint density at radius 1 is 1.22 bits per heavy atom. The van der Waals surface area contributed by atoms with Crippen LogP contribution in [-0.2, 0) is 23.0 Å². The second-order valence-electron chi connectivity index (χ2n) is 5.30. The van der Waals surface area contributed by atoms with Gasteiger partial charge in [0.05, 0.1) is 6.20 Å². The van der Waals surface area contributed by atoms with Crippen molar-refractivity contribution in [2.75, 3.05) is 4.72 Å². The van der Waals surface area contributed by atoms with Crippen LogP contribution in [0.3, 0.4) is 0 Å². The van der Waals surface area contributed by atoms with Crippen molar-refractivity contribution in [3.8, 4) is 11.5 Å². The molecule has 3 aromatic rings. The van der Waals surface area contributed by atoms with Gasteiger partial charge in [-0.1, -0.05) is 18.2 Å². The maximum atomic E-state index is 12.4. The van der Waals surface area contributed by atoms with Crippen LogP contribution in [0, 0.1) is 0 Å².